The van der Waals surface area contributed by atoms with E-state index in [9.17, 15) is 0 Å². The van der Waals surface area contributed by atoms with Crippen molar-refractivity contribution in [3.63, 3.8) is 0 Å². The average Bonchev–Trinajstić information content (AvgIpc) is 2.91. The highest BCUT2D eigenvalue weighted by molar-refractivity contribution is 14.0. The molecule has 0 aromatic carbocycles. The predicted molar refractivity (Wildman–Crippen MR) is 119 cm³/mol. The zero-order valence-corrected chi connectivity index (χ0v) is 18.9. The van der Waals surface area contributed by atoms with Crippen molar-refractivity contribution >= 4 is 29.9 Å². The number of rotatable bonds is 7. The number of aryl methyl sites for hydroxylation is 1. The molecule has 1 aromatic heterocycles. The van der Waals surface area contributed by atoms with Gasteiger partial charge in [0, 0.05) is 33.2 Å². The molecule has 154 valence electrons. The van der Waals surface area contributed by atoms with Gasteiger partial charge in [-0.05, 0) is 32.1 Å². The summed E-state index contributed by atoms with van der Waals surface area (Å²) in [5, 5.41) is 15.4. The molecule has 0 bridgehead atoms. The van der Waals surface area contributed by atoms with Gasteiger partial charge in [0.05, 0.1) is 12.6 Å². The number of fused-ring (bicyclic) bond motifs is 1. The number of ether oxygens (including phenoxy) is 1. The molecule has 1 saturated carbocycles. The molecule has 3 rings (SSSR count). The Labute approximate surface area is 180 Å². The van der Waals surface area contributed by atoms with Crippen LogP contribution in [0.1, 0.15) is 69.4 Å². The molecular weight excluding hydrogens is 455 g/mol. The van der Waals surface area contributed by atoms with Crippen LogP contribution in [0.25, 0.3) is 0 Å². The Balaban J connectivity index is 0.00000261. The maximum Gasteiger partial charge on any atom is 0.191 e. The van der Waals surface area contributed by atoms with E-state index in [1.54, 1.807) is 7.05 Å². The second-order valence-corrected chi connectivity index (χ2v) is 7.33. The lowest BCUT2D eigenvalue weighted by molar-refractivity contribution is 0.0277. The van der Waals surface area contributed by atoms with E-state index in [1.807, 2.05) is 0 Å². The molecule has 7 nitrogen and oxygen atoms in total. The van der Waals surface area contributed by atoms with E-state index in [-0.39, 0.29) is 24.0 Å². The third-order valence-electron chi connectivity index (χ3n) is 5.34. The first-order valence-corrected chi connectivity index (χ1v) is 10.3. The molecule has 0 radical (unpaired) electrons. The zero-order valence-electron chi connectivity index (χ0n) is 16.6. The lowest BCUT2D eigenvalue weighted by Gasteiger charge is -2.22. The van der Waals surface area contributed by atoms with Gasteiger partial charge in [0.25, 0.3) is 0 Å². The van der Waals surface area contributed by atoms with Gasteiger partial charge in [0.15, 0.2) is 11.8 Å². The van der Waals surface area contributed by atoms with E-state index in [4.69, 9.17) is 4.74 Å². The van der Waals surface area contributed by atoms with Crippen LogP contribution in [0, 0.1) is 0 Å². The fraction of sp³-hybridized carbons (Fsp3) is 0.842. The maximum atomic E-state index is 5.97. The molecule has 0 saturated heterocycles. The van der Waals surface area contributed by atoms with E-state index in [0.717, 1.165) is 50.1 Å². The van der Waals surface area contributed by atoms with Crippen molar-refractivity contribution < 1.29 is 4.74 Å². The summed E-state index contributed by atoms with van der Waals surface area (Å²) in [4.78, 5) is 4.30. The summed E-state index contributed by atoms with van der Waals surface area (Å²) in [6, 6.07) is 0. The number of hydrogen-bond acceptors (Lipinski definition) is 4. The third-order valence-corrected chi connectivity index (χ3v) is 5.34. The van der Waals surface area contributed by atoms with Crippen LogP contribution in [-0.4, -0.2) is 47.0 Å². The van der Waals surface area contributed by atoms with Crippen LogP contribution < -0.4 is 10.6 Å². The molecule has 1 aliphatic heterocycles. The fourth-order valence-electron chi connectivity index (χ4n) is 3.82. The second kappa shape index (κ2) is 12.5. The molecule has 2 N–H and O–H groups in total. The van der Waals surface area contributed by atoms with Crippen molar-refractivity contribution in [2.75, 3.05) is 20.2 Å². The van der Waals surface area contributed by atoms with Crippen molar-refractivity contribution in [3.05, 3.63) is 11.6 Å². The van der Waals surface area contributed by atoms with Gasteiger partial charge in [-0.25, -0.2) is 0 Å². The van der Waals surface area contributed by atoms with Gasteiger partial charge in [-0.15, -0.1) is 34.2 Å². The third kappa shape index (κ3) is 7.21. The lowest BCUT2D eigenvalue weighted by Crippen LogP contribution is -2.38. The van der Waals surface area contributed by atoms with Crippen LogP contribution >= 0.6 is 24.0 Å². The Bertz CT molecular complexity index is 571. The molecule has 27 heavy (non-hydrogen) atoms. The minimum absolute atomic E-state index is 0. The SMILES string of the molecule is CN=C(NCCCOC1CCCCC1)NCc1nnc2n1CCCCC2.I. The maximum absolute atomic E-state index is 5.97. The monoisotopic (exact) mass is 490 g/mol. The van der Waals surface area contributed by atoms with Crippen LogP contribution in [0.2, 0.25) is 0 Å². The summed E-state index contributed by atoms with van der Waals surface area (Å²) < 4.78 is 8.24. The number of guanidine groups is 1. The Morgan fingerprint density at radius 3 is 2.74 bits per heavy atom. The Morgan fingerprint density at radius 2 is 1.93 bits per heavy atom. The van der Waals surface area contributed by atoms with Gasteiger partial charge >= 0.3 is 0 Å². The number of aliphatic imine (C=N–C) groups is 1. The summed E-state index contributed by atoms with van der Waals surface area (Å²) in [7, 11) is 1.80. The van der Waals surface area contributed by atoms with Crippen LogP contribution in [0.3, 0.4) is 0 Å². The molecule has 0 spiro atoms. The van der Waals surface area contributed by atoms with E-state index in [0.29, 0.717) is 12.6 Å². The highest BCUT2D eigenvalue weighted by atomic mass is 127. The normalized spacial score (nSPS) is 18.3. The topological polar surface area (TPSA) is 76.4 Å². The largest absolute Gasteiger partial charge is 0.378 e. The zero-order chi connectivity index (χ0) is 18.0. The molecule has 0 amide bonds. The average molecular weight is 490 g/mol. The van der Waals surface area contributed by atoms with Crippen LogP contribution in [-0.2, 0) is 24.2 Å². The number of hydrogen-bond donors (Lipinski definition) is 2. The van der Waals surface area contributed by atoms with E-state index in [1.165, 1.54) is 51.4 Å². The van der Waals surface area contributed by atoms with Crippen molar-refractivity contribution in [3.8, 4) is 0 Å². The molecule has 1 aliphatic carbocycles. The first kappa shape index (κ1) is 22.4. The van der Waals surface area contributed by atoms with Crippen LogP contribution in [0.5, 0.6) is 0 Å². The van der Waals surface area contributed by atoms with Gasteiger partial charge in [-0.3, -0.25) is 4.99 Å². The van der Waals surface area contributed by atoms with E-state index in [2.05, 4.69) is 30.4 Å². The summed E-state index contributed by atoms with van der Waals surface area (Å²) >= 11 is 0. The number of nitrogens with one attached hydrogen (secondary N) is 2. The van der Waals surface area contributed by atoms with Gasteiger partial charge in [0.2, 0.25) is 0 Å². The van der Waals surface area contributed by atoms with E-state index < -0.39 is 0 Å². The first-order valence-electron chi connectivity index (χ1n) is 10.3. The van der Waals surface area contributed by atoms with Crippen LogP contribution in [0.4, 0.5) is 0 Å². The molecule has 8 heteroatoms. The fourth-order valence-corrected chi connectivity index (χ4v) is 3.82. The highest BCUT2D eigenvalue weighted by Gasteiger charge is 2.15. The lowest BCUT2D eigenvalue weighted by atomic mass is 9.98. The number of halogens is 1. The van der Waals surface area contributed by atoms with Gasteiger partial charge < -0.3 is 19.9 Å². The van der Waals surface area contributed by atoms with Gasteiger partial charge in [-0.2, -0.15) is 0 Å². The summed E-state index contributed by atoms with van der Waals surface area (Å²) in [6.07, 6.45) is 12.7. The Morgan fingerprint density at radius 1 is 1.11 bits per heavy atom. The molecule has 2 heterocycles. The quantitative estimate of drug-likeness (QED) is 0.266. The van der Waals surface area contributed by atoms with Gasteiger partial charge in [-0.1, -0.05) is 25.7 Å². The number of aromatic nitrogens is 3. The Kier molecular flexibility index (Phi) is 10.4. The van der Waals surface area contributed by atoms with Crippen molar-refractivity contribution in [1.29, 1.82) is 0 Å². The number of nitrogens with zero attached hydrogens (tertiary/aromatic N) is 4. The van der Waals surface area contributed by atoms with Crippen molar-refractivity contribution in [2.24, 2.45) is 4.99 Å². The Hall–Kier alpha value is -0.900. The first-order chi connectivity index (χ1) is 12.9. The highest BCUT2D eigenvalue weighted by Crippen LogP contribution is 2.20. The summed E-state index contributed by atoms with van der Waals surface area (Å²) in [5.74, 6) is 2.95. The summed E-state index contributed by atoms with van der Waals surface area (Å²) in [5.41, 5.74) is 0. The molecule has 1 aromatic rings. The van der Waals surface area contributed by atoms with Crippen molar-refractivity contribution in [1.82, 2.24) is 25.4 Å². The second-order valence-electron chi connectivity index (χ2n) is 7.33. The standard InChI is InChI=1S/C19H34N6O.HI/c1-20-19(21-12-8-14-26-16-9-4-2-5-10-16)22-15-18-24-23-17-11-6-3-7-13-25(17)18;/h16H,2-15H2,1H3,(H2,20,21,22);1H. The molecule has 0 atom stereocenters. The van der Waals surface area contributed by atoms with Gasteiger partial charge in [0.1, 0.15) is 5.82 Å². The molecule has 2 aliphatic rings. The minimum Gasteiger partial charge on any atom is -0.378 e. The molecule has 1 fully saturated rings. The van der Waals surface area contributed by atoms with Crippen molar-refractivity contribution in [2.45, 2.75) is 83.4 Å². The molecular formula is C19H35IN6O. The molecule has 0 unspecified atom stereocenters. The van der Waals surface area contributed by atoms with E-state index >= 15 is 0 Å². The predicted octanol–water partition coefficient (Wildman–Crippen LogP) is 3.03. The smallest absolute Gasteiger partial charge is 0.191 e. The van der Waals surface area contributed by atoms with Crippen LogP contribution in [0.15, 0.2) is 4.99 Å². The minimum atomic E-state index is 0. The summed E-state index contributed by atoms with van der Waals surface area (Å²) in [6.45, 7) is 3.38.